The van der Waals surface area contributed by atoms with Gasteiger partial charge < -0.3 is 4.90 Å². The second-order valence-electron chi connectivity index (χ2n) is 3.88. The highest BCUT2D eigenvalue weighted by molar-refractivity contribution is 6.32. The Kier molecular flexibility index (Phi) is 4.87. The van der Waals surface area contributed by atoms with Gasteiger partial charge in [-0.15, -0.1) is 0 Å². The molecule has 0 saturated carbocycles. The molecule has 0 atom stereocenters. The summed E-state index contributed by atoms with van der Waals surface area (Å²) in [6.45, 7) is 4.01. The van der Waals surface area contributed by atoms with E-state index in [0.29, 0.717) is 0 Å². The Morgan fingerprint density at radius 3 is 2.65 bits per heavy atom. The Balaban J connectivity index is 2.99. The Labute approximate surface area is 106 Å². The number of amides is 1. The van der Waals surface area contributed by atoms with E-state index in [4.69, 9.17) is 11.6 Å². The third-order valence-electron chi connectivity index (χ3n) is 2.85. The number of carbonyl (C=O) groups is 1. The molecule has 0 aromatic carbocycles. The molecule has 1 rings (SSSR count). The van der Waals surface area contributed by atoms with Crippen LogP contribution in [0.2, 0.25) is 5.15 Å². The maximum atomic E-state index is 13.0. The predicted molar refractivity (Wildman–Crippen MR) is 65.7 cm³/mol. The van der Waals surface area contributed by atoms with E-state index in [1.807, 2.05) is 13.8 Å². The van der Waals surface area contributed by atoms with E-state index in [-0.39, 0.29) is 22.7 Å². The monoisotopic (exact) mass is 258 g/mol. The third kappa shape index (κ3) is 3.16. The van der Waals surface area contributed by atoms with Crippen molar-refractivity contribution in [2.75, 3.05) is 7.05 Å². The molecule has 0 aliphatic carbocycles. The van der Waals surface area contributed by atoms with Crippen molar-refractivity contribution in [2.24, 2.45) is 0 Å². The number of hydrogen-bond donors (Lipinski definition) is 0. The summed E-state index contributed by atoms with van der Waals surface area (Å²) in [6.07, 6.45) is 2.69. The molecule has 17 heavy (non-hydrogen) atoms. The smallest absolute Gasteiger partial charge is 0.257 e. The van der Waals surface area contributed by atoms with Crippen LogP contribution >= 0.6 is 11.6 Å². The van der Waals surface area contributed by atoms with E-state index in [1.54, 1.807) is 11.9 Å². The van der Waals surface area contributed by atoms with Gasteiger partial charge in [0.2, 0.25) is 0 Å². The van der Waals surface area contributed by atoms with Crippen LogP contribution in [-0.2, 0) is 0 Å². The molecule has 5 heteroatoms. The number of hydrogen-bond acceptors (Lipinski definition) is 2. The Morgan fingerprint density at radius 2 is 2.12 bits per heavy atom. The zero-order valence-electron chi connectivity index (χ0n) is 10.2. The van der Waals surface area contributed by atoms with Crippen molar-refractivity contribution in [3.8, 4) is 0 Å². The summed E-state index contributed by atoms with van der Waals surface area (Å²) in [5.41, 5.74) is 0.112. The Hall–Kier alpha value is -1.16. The molecule has 0 bridgehead atoms. The quantitative estimate of drug-likeness (QED) is 0.778. The SMILES string of the molecule is CCC(CC)N(C)C(=O)c1cc(F)cnc1Cl. The second-order valence-corrected chi connectivity index (χ2v) is 4.24. The third-order valence-corrected chi connectivity index (χ3v) is 3.15. The van der Waals surface area contributed by atoms with Gasteiger partial charge in [0.15, 0.2) is 0 Å². The summed E-state index contributed by atoms with van der Waals surface area (Å²) in [6, 6.07) is 1.25. The first kappa shape index (κ1) is 13.9. The molecule has 0 aliphatic heterocycles. The van der Waals surface area contributed by atoms with Crippen molar-refractivity contribution < 1.29 is 9.18 Å². The minimum Gasteiger partial charge on any atom is -0.339 e. The maximum absolute atomic E-state index is 13.0. The number of pyridine rings is 1. The number of carbonyl (C=O) groups excluding carboxylic acids is 1. The first-order valence-corrected chi connectivity index (χ1v) is 5.97. The minimum atomic E-state index is -0.560. The highest BCUT2D eigenvalue weighted by Crippen LogP contribution is 2.18. The number of rotatable bonds is 4. The van der Waals surface area contributed by atoms with Crippen molar-refractivity contribution in [1.82, 2.24) is 9.88 Å². The number of nitrogens with zero attached hydrogens (tertiary/aromatic N) is 2. The molecular formula is C12H16ClFN2O. The van der Waals surface area contributed by atoms with Crippen LogP contribution in [-0.4, -0.2) is 28.9 Å². The fourth-order valence-corrected chi connectivity index (χ4v) is 1.95. The average Bonchev–Trinajstić information content (AvgIpc) is 2.32. The molecule has 0 unspecified atom stereocenters. The van der Waals surface area contributed by atoms with Crippen LogP contribution in [0.5, 0.6) is 0 Å². The summed E-state index contributed by atoms with van der Waals surface area (Å²) in [4.78, 5) is 17.3. The van der Waals surface area contributed by atoms with Gasteiger partial charge in [0, 0.05) is 13.1 Å². The van der Waals surface area contributed by atoms with E-state index >= 15 is 0 Å². The summed E-state index contributed by atoms with van der Waals surface area (Å²) in [7, 11) is 1.70. The van der Waals surface area contributed by atoms with E-state index in [0.717, 1.165) is 25.1 Å². The van der Waals surface area contributed by atoms with E-state index < -0.39 is 5.82 Å². The average molecular weight is 259 g/mol. The van der Waals surface area contributed by atoms with Crippen LogP contribution < -0.4 is 0 Å². The standard InChI is InChI=1S/C12H16ClFN2O/c1-4-9(5-2)16(3)12(17)10-6-8(14)7-15-11(10)13/h6-7,9H,4-5H2,1-3H3. The summed E-state index contributed by atoms with van der Waals surface area (Å²) in [5, 5.41) is 0.0363. The van der Waals surface area contributed by atoms with Gasteiger partial charge in [-0.3, -0.25) is 4.79 Å². The Bertz CT molecular complexity index is 407. The maximum Gasteiger partial charge on any atom is 0.257 e. The van der Waals surface area contributed by atoms with Crippen LogP contribution in [0.3, 0.4) is 0 Å². The van der Waals surface area contributed by atoms with Crippen molar-refractivity contribution in [1.29, 1.82) is 0 Å². The van der Waals surface area contributed by atoms with Crippen molar-refractivity contribution >= 4 is 17.5 Å². The van der Waals surface area contributed by atoms with E-state index in [2.05, 4.69) is 4.98 Å². The van der Waals surface area contributed by atoms with Crippen molar-refractivity contribution in [3.05, 3.63) is 28.8 Å². The molecule has 1 aromatic rings. The van der Waals surface area contributed by atoms with Crippen molar-refractivity contribution in [2.45, 2.75) is 32.7 Å². The van der Waals surface area contributed by atoms with Crippen LogP contribution in [0.1, 0.15) is 37.0 Å². The van der Waals surface area contributed by atoms with Crippen LogP contribution in [0.15, 0.2) is 12.3 Å². The zero-order chi connectivity index (χ0) is 13.0. The van der Waals surface area contributed by atoms with E-state index in [9.17, 15) is 9.18 Å². The fraction of sp³-hybridized carbons (Fsp3) is 0.500. The van der Waals surface area contributed by atoms with Gasteiger partial charge in [-0.25, -0.2) is 9.37 Å². The first-order chi connectivity index (χ1) is 8.01. The highest BCUT2D eigenvalue weighted by atomic mass is 35.5. The molecule has 0 saturated heterocycles. The van der Waals surface area contributed by atoms with Crippen LogP contribution in [0, 0.1) is 5.82 Å². The van der Waals surface area contributed by atoms with Crippen LogP contribution in [0.25, 0.3) is 0 Å². The topological polar surface area (TPSA) is 33.2 Å². The van der Waals surface area contributed by atoms with Gasteiger partial charge in [-0.1, -0.05) is 25.4 Å². The second kappa shape index (κ2) is 5.96. The lowest BCUT2D eigenvalue weighted by atomic mass is 10.1. The van der Waals surface area contributed by atoms with Gasteiger partial charge in [0.25, 0.3) is 5.91 Å². The molecule has 1 amide bonds. The molecule has 0 aliphatic rings. The Morgan fingerprint density at radius 1 is 1.53 bits per heavy atom. The molecule has 0 radical (unpaired) electrons. The molecule has 0 fully saturated rings. The van der Waals surface area contributed by atoms with Gasteiger partial charge >= 0.3 is 0 Å². The molecule has 0 N–H and O–H groups in total. The van der Waals surface area contributed by atoms with E-state index in [1.165, 1.54) is 0 Å². The lowest BCUT2D eigenvalue weighted by Crippen LogP contribution is -2.36. The molecule has 1 heterocycles. The molecule has 94 valence electrons. The molecule has 1 aromatic heterocycles. The summed E-state index contributed by atoms with van der Waals surface area (Å²) in [5.74, 6) is -0.855. The normalized spacial score (nSPS) is 10.7. The molecule has 3 nitrogen and oxygen atoms in total. The largest absolute Gasteiger partial charge is 0.339 e. The predicted octanol–water partition coefficient (Wildman–Crippen LogP) is 3.13. The van der Waals surface area contributed by atoms with Crippen molar-refractivity contribution in [3.63, 3.8) is 0 Å². The minimum absolute atomic E-state index is 0.0363. The first-order valence-electron chi connectivity index (χ1n) is 5.59. The molecule has 0 spiro atoms. The lowest BCUT2D eigenvalue weighted by Gasteiger charge is -2.26. The highest BCUT2D eigenvalue weighted by Gasteiger charge is 2.21. The van der Waals surface area contributed by atoms with Gasteiger partial charge in [-0.05, 0) is 18.9 Å². The fourth-order valence-electron chi connectivity index (χ4n) is 1.76. The lowest BCUT2D eigenvalue weighted by molar-refractivity contribution is 0.0723. The van der Waals surface area contributed by atoms with Crippen LogP contribution in [0.4, 0.5) is 4.39 Å². The number of aromatic nitrogens is 1. The van der Waals surface area contributed by atoms with Gasteiger partial charge in [-0.2, -0.15) is 0 Å². The number of halogens is 2. The summed E-state index contributed by atoms with van der Waals surface area (Å²) >= 11 is 5.80. The summed E-state index contributed by atoms with van der Waals surface area (Å²) < 4.78 is 13.0. The zero-order valence-corrected chi connectivity index (χ0v) is 11.0. The van der Waals surface area contributed by atoms with Gasteiger partial charge in [0.05, 0.1) is 11.8 Å². The van der Waals surface area contributed by atoms with Gasteiger partial charge in [0.1, 0.15) is 11.0 Å². The molecular weight excluding hydrogens is 243 g/mol.